The van der Waals surface area contributed by atoms with Crippen molar-refractivity contribution in [2.45, 2.75) is 32.4 Å². The van der Waals surface area contributed by atoms with Crippen LogP contribution in [-0.4, -0.2) is 6.61 Å². The Kier molecular flexibility index (Phi) is 3.75. The van der Waals surface area contributed by atoms with E-state index in [0.717, 1.165) is 18.8 Å². The minimum absolute atomic E-state index is 0.339. The molecule has 2 aromatic carbocycles. The van der Waals surface area contributed by atoms with E-state index in [-0.39, 0.29) is 0 Å². The lowest BCUT2D eigenvalue weighted by atomic mass is 9.98. The number of rotatable bonds is 3. The summed E-state index contributed by atoms with van der Waals surface area (Å²) in [5.41, 5.74) is 3.93. The molecule has 0 saturated carbocycles. The third-order valence-electron chi connectivity index (χ3n) is 3.95. The zero-order valence-electron chi connectivity index (χ0n) is 12.1. The van der Waals surface area contributed by atoms with E-state index in [4.69, 9.17) is 4.74 Å². The van der Waals surface area contributed by atoms with Crippen molar-refractivity contribution in [1.82, 2.24) is 5.32 Å². The average molecular weight is 267 g/mol. The third kappa shape index (κ3) is 2.70. The van der Waals surface area contributed by atoms with E-state index < -0.39 is 0 Å². The van der Waals surface area contributed by atoms with Crippen LogP contribution >= 0.6 is 0 Å². The molecule has 1 heterocycles. The molecule has 1 unspecified atom stereocenters. The van der Waals surface area contributed by atoms with Crippen molar-refractivity contribution in [3.63, 3.8) is 0 Å². The van der Waals surface area contributed by atoms with Gasteiger partial charge >= 0.3 is 0 Å². The topological polar surface area (TPSA) is 21.3 Å². The summed E-state index contributed by atoms with van der Waals surface area (Å²) in [5, 5.41) is 3.74. The molecule has 0 fully saturated rings. The number of hydrogen-bond acceptors (Lipinski definition) is 2. The first-order chi connectivity index (χ1) is 9.74. The predicted molar refractivity (Wildman–Crippen MR) is 82.0 cm³/mol. The van der Waals surface area contributed by atoms with Gasteiger partial charge in [0, 0.05) is 24.1 Å². The molecule has 1 aliphatic rings. The zero-order chi connectivity index (χ0) is 13.9. The molecule has 104 valence electrons. The van der Waals surface area contributed by atoms with E-state index in [1.807, 2.05) is 6.07 Å². The summed E-state index contributed by atoms with van der Waals surface area (Å²) in [7, 11) is 0. The lowest BCUT2D eigenvalue weighted by Crippen LogP contribution is -2.29. The fourth-order valence-corrected chi connectivity index (χ4v) is 2.85. The van der Waals surface area contributed by atoms with E-state index in [9.17, 15) is 0 Å². The lowest BCUT2D eigenvalue weighted by molar-refractivity contribution is 0.246. The van der Waals surface area contributed by atoms with Crippen LogP contribution in [0.5, 0.6) is 5.75 Å². The first-order valence-electron chi connectivity index (χ1n) is 7.28. The zero-order valence-corrected chi connectivity index (χ0v) is 12.1. The molecule has 20 heavy (non-hydrogen) atoms. The maximum atomic E-state index is 5.72. The lowest BCUT2D eigenvalue weighted by Gasteiger charge is -2.29. The fraction of sp³-hybridized carbons (Fsp3) is 0.333. The Morgan fingerprint density at radius 3 is 2.85 bits per heavy atom. The van der Waals surface area contributed by atoms with Gasteiger partial charge in [0.05, 0.1) is 6.61 Å². The van der Waals surface area contributed by atoms with Crippen LogP contribution in [0.2, 0.25) is 0 Å². The summed E-state index contributed by atoms with van der Waals surface area (Å²) >= 11 is 0. The van der Waals surface area contributed by atoms with Crippen LogP contribution in [0.4, 0.5) is 0 Å². The van der Waals surface area contributed by atoms with E-state index in [1.54, 1.807) is 0 Å². The Labute approximate surface area is 120 Å². The Morgan fingerprint density at radius 2 is 2.00 bits per heavy atom. The van der Waals surface area contributed by atoms with Gasteiger partial charge in [-0.15, -0.1) is 0 Å². The van der Waals surface area contributed by atoms with Gasteiger partial charge in [0.2, 0.25) is 0 Å². The van der Waals surface area contributed by atoms with Crippen LogP contribution in [0, 0.1) is 6.92 Å². The number of benzene rings is 2. The molecule has 0 bridgehead atoms. The van der Waals surface area contributed by atoms with Crippen LogP contribution in [0.1, 0.15) is 42.1 Å². The first-order valence-corrected chi connectivity index (χ1v) is 7.28. The van der Waals surface area contributed by atoms with Gasteiger partial charge in [-0.3, -0.25) is 0 Å². The molecule has 2 heteroatoms. The van der Waals surface area contributed by atoms with E-state index in [1.165, 1.54) is 16.7 Å². The van der Waals surface area contributed by atoms with Gasteiger partial charge in [-0.05, 0) is 25.5 Å². The second-order valence-corrected chi connectivity index (χ2v) is 5.53. The Balaban J connectivity index is 1.79. The molecule has 2 aromatic rings. The summed E-state index contributed by atoms with van der Waals surface area (Å²) in [6, 6.07) is 17.8. The molecular weight excluding hydrogens is 246 g/mol. The molecule has 3 rings (SSSR count). The molecule has 2 atom stereocenters. The van der Waals surface area contributed by atoms with Gasteiger partial charge in [-0.1, -0.05) is 48.0 Å². The summed E-state index contributed by atoms with van der Waals surface area (Å²) in [6.07, 6.45) is 1.02. The van der Waals surface area contributed by atoms with Crippen LogP contribution in [-0.2, 0) is 0 Å². The van der Waals surface area contributed by atoms with Gasteiger partial charge in [0.25, 0.3) is 0 Å². The normalized spacial score (nSPS) is 19.0. The molecule has 1 aliphatic heterocycles. The maximum Gasteiger partial charge on any atom is 0.124 e. The van der Waals surface area contributed by atoms with Gasteiger partial charge < -0.3 is 10.1 Å². The predicted octanol–water partition coefficient (Wildman–Crippen LogP) is 4.17. The van der Waals surface area contributed by atoms with Crippen molar-refractivity contribution in [1.29, 1.82) is 0 Å². The van der Waals surface area contributed by atoms with Crippen LogP contribution in [0.25, 0.3) is 0 Å². The van der Waals surface area contributed by atoms with E-state index in [0.29, 0.717) is 12.1 Å². The molecule has 0 spiro atoms. The molecule has 0 aromatic heterocycles. The number of ether oxygens (including phenoxy) is 1. The second kappa shape index (κ2) is 5.68. The number of para-hydroxylation sites is 1. The minimum Gasteiger partial charge on any atom is -0.493 e. The summed E-state index contributed by atoms with van der Waals surface area (Å²) in [5.74, 6) is 1.02. The molecule has 0 amide bonds. The molecule has 1 N–H and O–H groups in total. The maximum absolute atomic E-state index is 5.72. The largest absolute Gasteiger partial charge is 0.493 e. The highest BCUT2D eigenvalue weighted by Gasteiger charge is 2.22. The minimum atomic E-state index is 0.339. The number of fused-ring (bicyclic) bond motifs is 1. The van der Waals surface area contributed by atoms with Gasteiger partial charge in [-0.25, -0.2) is 0 Å². The highest BCUT2D eigenvalue weighted by Crippen LogP contribution is 2.33. The Bertz CT molecular complexity index is 593. The molecular formula is C18H21NO. The SMILES string of the molecule is Cc1cccc([C@@H](C)NC2CCOc3ccccc32)c1. The number of nitrogens with one attached hydrogen (secondary N) is 1. The van der Waals surface area contributed by atoms with Crippen molar-refractivity contribution in [3.8, 4) is 5.75 Å². The van der Waals surface area contributed by atoms with Crippen molar-refractivity contribution in [3.05, 3.63) is 65.2 Å². The van der Waals surface area contributed by atoms with E-state index >= 15 is 0 Å². The first kappa shape index (κ1) is 13.2. The van der Waals surface area contributed by atoms with Crippen molar-refractivity contribution in [2.75, 3.05) is 6.61 Å². The second-order valence-electron chi connectivity index (χ2n) is 5.53. The van der Waals surface area contributed by atoms with Crippen LogP contribution in [0.15, 0.2) is 48.5 Å². The summed E-state index contributed by atoms with van der Waals surface area (Å²) in [4.78, 5) is 0. The third-order valence-corrected chi connectivity index (χ3v) is 3.95. The van der Waals surface area contributed by atoms with Gasteiger partial charge in [0.15, 0.2) is 0 Å². The van der Waals surface area contributed by atoms with Crippen molar-refractivity contribution < 1.29 is 4.74 Å². The molecule has 0 aliphatic carbocycles. The summed E-state index contributed by atoms with van der Waals surface area (Å²) < 4.78 is 5.72. The van der Waals surface area contributed by atoms with E-state index in [2.05, 4.69) is 61.6 Å². The van der Waals surface area contributed by atoms with Crippen molar-refractivity contribution in [2.24, 2.45) is 0 Å². The highest BCUT2D eigenvalue weighted by molar-refractivity contribution is 5.37. The van der Waals surface area contributed by atoms with Gasteiger partial charge in [-0.2, -0.15) is 0 Å². The molecule has 0 radical (unpaired) electrons. The average Bonchev–Trinajstić information content (AvgIpc) is 2.47. The highest BCUT2D eigenvalue weighted by atomic mass is 16.5. The fourth-order valence-electron chi connectivity index (χ4n) is 2.85. The number of aryl methyl sites for hydroxylation is 1. The standard InChI is InChI=1S/C18H21NO/c1-13-6-5-7-15(12-13)14(2)19-17-10-11-20-18-9-4-3-8-16(17)18/h3-9,12,14,17,19H,10-11H2,1-2H3/t14-,17?/m1/s1. The monoisotopic (exact) mass is 267 g/mol. The quantitative estimate of drug-likeness (QED) is 0.901. The summed E-state index contributed by atoms with van der Waals surface area (Å²) in [6.45, 7) is 5.15. The van der Waals surface area contributed by atoms with Gasteiger partial charge in [0.1, 0.15) is 5.75 Å². The van der Waals surface area contributed by atoms with Crippen molar-refractivity contribution >= 4 is 0 Å². The Hall–Kier alpha value is -1.80. The Morgan fingerprint density at radius 1 is 1.15 bits per heavy atom. The molecule has 2 nitrogen and oxygen atoms in total. The van der Waals surface area contributed by atoms with Crippen LogP contribution in [0.3, 0.4) is 0 Å². The number of hydrogen-bond donors (Lipinski definition) is 1. The van der Waals surface area contributed by atoms with Crippen LogP contribution < -0.4 is 10.1 Å². The smallest absolute Gasteiger partial charge is 0.124 e. The molecule has 0 saturated heterocycles.